The Morgan fingerprint density at radius 1 is 1.17 bits per heavy atom. The minimum Gasteiger partial charge on any atom is -0.306 e. The lowest BCUT2D eigenvalue weighted by Crippen LogP contribution is -2.25. The summed E-state index contributed by atoms with van der Waals surface area (Å²) >= 11 is 0. The first-order valence-electron chi connectivity index (χ1n) is 7.31. The van der Waals surface area contributed by atoms with Gasteiger partial charge in [0.1, 0.15) is 5.82 Å². The molecule has 7 heteroatoms. The molecule has 1 aliphatic rings. The first-order chi connectivity index (χ1) is 11.0. The van der Waals surface area contributed by atoms with Crippen molar-refractivity contribution in [2.24, 2.45) is 0 Å². The van der Waals surface area contributed by atoms with Gasteiger partial charge >= 0.3 is 0 Å². The molecule has 1 aromatic carbocycles. The molecule has 1 saturated carbocycles. The van der Waals surface area contributed by atoms with Crippen LogP contribution in [0.2, 0.25) is 0 Å². The predicted molar refractivity (Wildman–Crippen MR) is 86.7 cm³/mol. The van der Waals surface area contributed by atoms with Crippen molar-refractivity contribution >= 4 is 21.7 Å². The van der Waals surface area contributed by atoms with Crippen molar-refractivity contribution in [1.82, 2.24) is 9.71 Å². The largest absolute Gasteiger partial charge is 0.306 e. The van der Waals surface area contributed by atoms with Crippen molar-refractivity contribution in [1.29, 1.82) is 0 Å². The predicted octanol–water partition coefficient (Wildman–Crippen LogP) is 2.08. The van der Waals surface area contributed by atoms with Gasteiger partial charge in [-0.15, -0.1) is 0 Å². The molecule has 120 valence electrons. The number of anilines is 1. The van der Waals surface area contributed by atoms with Crippen LogP contribution in [0.3, 0.4) is 0 Å². The second kappa shape index (κ2) is 6.10. The zero-order chi connectivity index (χ0) is 16.4. The van der Waals surface area contributed by atoms with E-state index in [2.05, 4.69) is 15.0 Å². The number of hydrogen-bond acceptors (Lipinski definition) is 4. The molecule has 1 fully saturated rings. The number of benzene rings is 1. The summed E-state index contributed by atoms with van der Waals surface area (Å²) < 4.78 is 26.8. The summed E-state index contributed by atoms with van der Waals surface area (Å²) in [4.78, 5) is 16.5. The first-order valence-corrected chi connectivity index (χ1v) is 8.79. The molecule has 0 radical (unpaired) electrons. The molecular formula is C16H17N3O3S. The molecule has 1 aromatic heterocycles. The van der Waals surface area contributed by atoms with E-state index < -0.39 is 10.0 Å². The standard InChI is InChI=1S/C16H17N3O3S/c1-11-3-2-10-17-15(11)18-16(20)12-4-8-14(9-5-12)23(21,22)19-13-6-7-13/h2-5,8-10,13,19H,6-7H2,1H3,(H,17,18,20). The summed E-state index contributed by atoms with van der Waals surface area (Å²) in [6.07, 6.45) is 3.36. The number of amides is 1. The van der Waals surface area contributed by atoms with Gasteiger partial charge in [-0.2, -0.15) is 0 Å². The van der Waals surface area contributed by atoms with Crippen LogP contribution in [0.25, 0.3) is 0 Å². The van der Waals surface area contributed by atoms with Crippen LogP contribution in [0.15, 0.2) is 47.5 Å². The van der Waals surface area contributed by atoms with Crippen LogP contribution in [0.4, 0.5) is 5.82 Å². The molecule has 2 aromatic rings. The van der Waals surface area contributed by atoms with E-state index in [4.69, 9.17) is 0 Å². The Bertz CT molecular complexity index is 828. The summed E-state index contributed by atoms with van der Waals surface area (Å²) in [5, 5.41) is 2.71. The zero-order valence-electron chi connectivity index (χ0n) is 12.6. The second-order valence-electron chi connectivity index (χ2n) is 5.54. The maximum atomic E-state index is 12.2. The molecule has 2 N–H and O–H groups in total. The highest BCUT2D eigenvalue weighted by Gasteiger charge is 2.27. The lowest BCUT2D eigenvalue weighted by molar-refractivity contribution is 0.102. The molecule has 1 aliphatic carbocycles. The highest BCUT2D eigenvalue weighted by molar-refractivity contribution is 7.89. The van der Waals surface area contributed by atoms with Gasteiger partial charge in [0.15, 0.2) is 0 Å². The number of rotatable bonds is 5. The van der Waals surface area contributed by atoms with Crippen molar-refractivity contribution in [3.05, 3.63) is 53.7 Å². The molecule has 0 spiro atoms. The molecule has 0 atom stereocenters. The molecule has 6 nitrogen and oxygen atoms in total. The van der Waals surface area contributed by atoms with E-state index in [1.807, 2.05) is 13.0 Å². The SMILES string of the molecule is Cc1cccnc1NC(=O)c1ccc(S(=O)(=O)NC2CC2)cc1. The number of nitrogens with one attached hydrogen (secondary N) is 2. The maximum absolute atomic E-state index is 12.2. The second-order valence-corrected chi connectivity index (χ2v) is 7.26. The van der Waals surface area contributed by atoms with Crippen molar-refractivity contribution in [3.8, 4) is 0 Å². The highest BCUT2D eigenvalue weighted by Crippen LogP contribution is 2.22. The fourth-order valence-corrected chi connectivity index (χ4v) is 3.38. The number of aromatic nitrogens is 1. The van der Waals surface area contributed by atoms with Crippen LogP contribution in [0.1, 0.15) is 28.8 Å². The Balaban J connectivity index is 1.74. The Labute approximate surface area is 135 Å². The monoisotopic (exact) mass is 331 g/mol. The van der Waals surface area contributed by atoms with Crippen molar-refractivity contribution in [3.63, 3.8) is 0 Å². The fourth-order valence-electron chi connectivity index (χ4n) is 2.07. The summed E-state index contributed by atoms with van der Waals surface area (Å²) in [5.74, 6) is 0.162. The van der Waals surface area contributed by atoms with Gasteiger partial charge < -0.3 is 5.32 Å². The lowest BCUT2D eigenvalue weighted by atomic mass is 10.2. The van der Waals surface area contributed by atoms with E-state index in [0.717, 1.165) is 18.4 Å². The van der Waals surface area contributed by atoms with Gasteiger partial charge in [-0.1, -0.05) is 6.07 Å². The van der Waals surface area contributed by atoms with Crippen LogP contribution in [-0.2, 0) is 10.0 Å². The summed E-state index contributed by atoms with van der Waals surface area (Å²) in [6.45, 7) is 1.85. The number of aryl methyl sites for hydroxylation is 1. The van der Waals surface area contributed by atoms with E-state index in [-0.39, 0.29) is 16.8 Å². The van der Waals surface area contributed by atoms with E-state index in [0.29, 0.717) is 11.4 Å². The third kappa shape index (κ3) is 3.75. The highest BCUT2D eigenvalue weighted by atomic mass is 32.2. The van der Waals surface area contributed by atoms with Gasteiger partial charge in [0.05, 0.1) is 4.90 Å². The summed E-state index contributed by atoms with van der Waals surface area (Å²) in [7, 11) is -3.50. The van der Waals surface area contributed by atoms with E-state index in [9.17, 15) is 13.2 Å². The summed E-state index contributed by atoms with van der Waals surface area (Å²) in [5.41, 5.74) is 1.23. The number of pyridine rings is 1. The van der Waals surface area contributed by atoms with Crippen molar-refractivity contribution in [2.45, 2.75) is 30.7 Å². The van der Waals surface area contributed by atoms with Gasteiger partial charge in [0.2, 0.25) is 10.0 Å². The molecular weight excluding hydrogens is 314 g/mol. The fraction of sp³-hybridized carbons (Fsp3) is 0.250. The normalized spacial score (nSPS) is 14.5. The van der Waals surface area contributed by atoms with Crippen LogP contribution in [0, 0.1) is 6.92 Å². The zero-order valence-corrected chi connectivity index (χ0v) is 13.4. The third-order valence-electron chi connectivity index (χ3n) is 3.57. The minimum absolute atomic E-state index is 0.0510. The maximum Gasteiger partial charge on any atom is 0.256 e. The van der Waals surface area contributed by atoms with Crippen LogP contribution in [0.5, 0.6) is 0 Å². The first kappa shape index (κ1) is 15.6. The topological polar surface area (TPSA) is 88.2 Å². The van der Waals surface area contributed by atoms with E-state index >= 15 is 0 Å². The van der Waals surface area contributed by atoms with Gasteiger partial charge in [-0.05, 0) is 55.7 Å². The number of carbonyl (C=O) groups excluding carboxylic acids is 1. The van der Waals surface area contributed by atoms with Gasteiger partial charge in [0.25, 0.3) is 5.91 Å². The van der Waals surface area contributed by atoms with Crippen molar-refractivity contribution in [2.75, 3.05) is 5.32 Å². The van der Waals surface area contributed by atoms with Gasteiger partial charge in [-0.25, -0.2) is 18.1 Å². The van der Waals surface area contributed by atoms with Crippen LogP contribution in [-0.4, -0.2) is 25.4 Å². The molecule has 23 heavy (non-hydrogen) atoms. The average Bonchev–Trinajstić information content (AvgIpc) is 3.33. The molecule has 0 unspecified atom stereocenters. The Hall–Kier alpha value is -2.25. The molecule has 1 heterocycles. The van der Waals surface area contributed by atoms with E-state index in [1.165, 1.54) is 24.3 Å². The number of sulfonamides is 1. The van der Waals surface area contributed by atoms with Crippen LogP contribution >= 0.6 is 0 Å². The number of nitrogens with zero attached hydrogens (tertiary/aromatic N) is 1. The smallest absolute Gasteiger partial charge is 0.256 e. The number of carbonyl (C=O) groups is 1. The quantitative estimate of drug-likeness (QED) is 0.878. The molecule has 3 rings (SSSR count). The third-order valence-corrected chi connectivity index (χ3v) is 5.10. The van der Waals surface area contributed by atoms with Gasteiger partial charge in [0, 0.05) is 17.8 Å². The molecule has 1 amide bonds. The van der Waals surface area contributed by atoms with E-state index in [1.54, 1.807) is 12.3 Å². The van der Waals surface area contributed by atoms with Crippen LogP contribution < -0.4 is 10.0 Å². The minimum atomic E-state index is -3.50. The van der Waals surface area contributed by atoms with Crippen molar-refractivity contribution < 1.29 is 13.2 Å². The van der Waals surface area contributed by atoms with Gasteiger partial charge in [-0.3, -0.25) is 4.79 Å². The molecule has 0 bridgehead atoms. The Morgan fingerprint density at radius 2 is 1.87 bits per heavy atom. The number of hydrogen-bond donors (Lipinski definition) is 2. The Kier molecular flexibility index (Phi) is 4.14. The lowest BCUT2D eigenvalue weighted by Gasteiger charge is -2.08. The summed E-state index contributed by atoms with van der Waals surface area (Å²) in [6, 6.07) is 9.55. The average molecular weight is 331 g/mol. The molecule has 0 aliphatic heterocycles. The molecule has 0 saturated heterocycles. The Morgan fingerprint density at radius 3 is 2.48 bits per heavy atom.